The third kappa shape index (κ3) is 1.42. The molecular weight excluding hydrogens is 311 g/mol. The molecule has 0 fully saturated rings. The van der Waals surface area contributed by atoms with Crippen LogP contribution in [0.4, 0.5) is 0 Å². The van der Waals surface area contributed by atoms with Gasteiger partial charge in [-0.3, -0.25) is 4.79 Å². The lowest BCUT2D eigenvalue weighted by Crippen LogP contribution is -1.91. The van der Waals surface area contributed by atoms with Crippen molar-refractivity contribution in [2.45, 2.75) is 0 Å². The number of thiophene rings is 1. The SMILES string of the molecule is COc1c(C=O)cc(I)c2ccsc12. The Kier molecular flexibility index (Phi) is 2.73. The molecular formula is C10H7IO2S. The zero-order chi connectivity index (χ0) is 10.1. The van der Waals surface area contributed by atoms with E-state index in [1.54, 1.807) is 18.4 Å². The smallest absolute Gasteiger partial charge is 0.153 e. The van der Waals surface area contributed by atoms with Gasteiger partial charge >= 0.3 is 0 Å². The molecule has 0 spiro atoms. The largest absolute Gasteiger partial charge is 0.494 e. The molecule has 1 heterocycles. The number of rotatable bonds is 2. The lowest BCUT2D eigenvalue weighted by atomic mass is 10.2. The van der Waals surface area contributed by atoms with Crippen LogP contribution in [0.2, 0.25) is 0 Å². The summed E-state index contributed by atoms with van der Waals surface area (Å²) in [7, 11) is 1.59. The van der Waals surface area contributed by atoms with E-state index in [0.29, 0.717) is 11.3 Å². The lowest BCUT2D eigenvalue weighted by molar-refractivity contribution is 0.112. The minimum Gasteiger partial charge on any atom is -0.494 e. The number of aldehydes is 1. The lowest BCUT2D eigenvalue weighted by Gasteiger charge is -2.05. The van der Waals surface area contributed by atoms with Crippen LogP contribution in [0.3, 0.4) is 0 Å². The molecule has 0 saturated carbocycles. The Hall–Kier alpha value is -0.620. The Labute approximate surface area is 99.0 Å². The highest BCUT2D eigenvalue weighted by molar-refractivity contribution is 14.1. The topological polar surface area (TPSA) is 26.3 Å². The summed E-state index contributed by atoms with van der Waals surface area (Å²) in [5.74, 6) is 0.686. The van der Waals surface area contributed by atoms with E-state index >= 15 is 0 Å². The van der Waals surface area contributed by atoms with Crippen molar-refractivity contribution in [2.75, 3.05) is 7.11 Å². The number of halogens is 1. The summed E-state index contributed by atoms with van der Waals surface area (Å²) >= 11 is 3.82. The van der Waals surface area contributed by atoms with E-state index in [2.05, 4.69) is 22.6 Å². The van der Waals surface area contributed by atoms with Crippen molar-refractivity contribution in [1.29, 1.82) is 0 Å². The monoisotopic (exact) mass is 318 g/mol. The summed E-state index contributed by atoms with van der Waals surface area (Å²) in [6, 6.07) is 3.89. The van der Waals surface area contributed by atoms with E-state index in [-0.39, 0.29) is 0 Å². The van der Waals surface area contributed by atoms with E-state index in [1.807, 2.05) is 17.5 Å². The van der Waals surface area contributed by atoms with Crippen LogP contribution in [0.5, 0.6) is 5.75 Å². The summed E-state index contributed by atoms with van der Waals surface area (Å²) in [6.07, 6.45) is 0.833. The number of benzene rings is 1. The fraction of sp³-hybridized carbons (Fsp3) is 0.100. The predicted octanol–water partition coefficient (Wildman–Crippen LogP) is 3.33. The van der Waals surface area contributed by atoms with Gasteiger partial charge in [0.05, 0.1) is 17.4 Å². The summed E-state index contributed by atoms with van der Waals surface area (Å²) in [5.41, 5.74) is 0.617. The first kappa shape index (κ1) is 9.92. The van der Waals surface area contributed by atoms with Gasteiger partial charge < -0.3 is 4.74 Å². The van der Waals surface area contributed by atoms with Crippen LogP contribution in [0.25, 0.3) is 10.1 Å². The molecule has 0 aliphatic carbocycles. The van der Waals surface area contributed by atoms with Crippen molar-refractivity contribution in [3.05, 3.63) is 26.6 Å². The second kappa shape index (κ2) is 3.86. The maximum absolute atomic E-state index is 10.8. The normalized spacial score (nSPS) is 10.4. The molecule has 4 heteroatoms. The Balaban J connectivity index is 2.88. The van der Waals surface area contributed by atoms with Gasteiger partial charge in [-0.05, 0) is 40.1 Å². The average Bonchev–Trinajstić information content (AvgIpc) is 2.66. The summed E-state index contributed by atoms with van der Waals surface area (Å²) in [4.78, 5) is 10.8. The Morgan fingerprint density at radius 2 is 2.36 bits per heavy atom. The van der Waals surface area contributed by atoms with Crippen molar-refractivity contribution in [3.8, 4) is 5.75 Å². The van der Waals surface area contributed by atoms with Gasteiger partial charge in [0, 0.05) is 8.96 Å². The number of methoxy groups -OCH3 is 1. The van der Waals surface area contributed by atoms with E-state index < -0.39 is 0 Å². The zero-order valence-electron chi connectivity index (χ0n) is 7.41. The molecule has 1 aromatic heterocycles. The molecule has 0 amide bonds. The number of hydrogen-bond donors (Lipinski definition) is 0. The maximum Gasteiger partial charge on any atom is 0.153 e. The molecule has 72 valence electrons. The molecule has 0 radical (unpaired) electrons. The van der Waals surface area contributed by atoms with Crippen LogP contribution in [-0.2, 0) is 0 Å². The van der Waals surface area contributed by atoms with E-state index in [4.69, 9.17) is 4.74 Å². The van der Waals surface area contributed by atoms with Gasteiger partial charge in [0.25, 0.3) is 0 Å². The van der Waals surface area contributed by atoms with Crippen molar-refractivity contribution in [2.24, 2.45) is 0 Å². The number of carbonyl (C=O) groups is 1. The molecule has 0 saturated heterocycles. The molecule has 0 aliphatic rings. The minimum absolute atomic E-state index is 0.617. The highest BCUT2D eigenvalue weighted by Crippen LogP contribution is 2.36. The highest BCUT2D eigenvalue weighted by Gasteiger charge is 2.11. The standard InChI is InChI=1S/C10H7IO2S/c1-13-9-6(5-12)4-8(11)7-2-3-14-10(7)9/h2-5H,1H3. The zero-order valence-corrected chi connectivity index (χ0v) is 10.4. The van der Waals surface area contributed by atoms with E-state index in [0.717, 1.165) is 19.9 Å². The quantitative estimate of drug-likeness (QED) is 0.627. The Morgan fingerprint density at radius 1 is 1.57 bits per heavy atom. The van der Waals surface area contributed by atoms with Gasteiger partial charge in [0.2, 0.25) is 0 Å². The molecule has 2 aromatic rings. The van der Waals surface area contributed by atoms with Crippen LogP contribution in [0.15, 0.2) is 17.5 Å². The van der Waals surface area contributed by atoms with Gasteiger partial charge in [-0.2, -0.15) is 0 Å². The van der Waals surface area contributed by atoms with Crippen LogP contribution in [0, 0.1) is 3.57 Å². The average molecular weight is 318 g/mol. The van der Waals surface area contributed by atoms with Gasteiger partial charge in [-0.25, -0.2) is 0 Å². The summed E-state index contributed by atoms with van der Waals surface area (Å²) in [5, 5.41) is 3.15. The molecule has 0 atom stereocenters. The fourth-order valence-corrected chi connectivity index (χ4v) is 3.30. The summed E-state index contributed by atoms with van der Waals surface area (Å²) < 4.78 is 7.37. The minimum atomic E-state index is 0.617. The second-order valence-corrected chi connectivity index (χ2v) is 4.84. The van der Waals surface area contributed by atoms with Crippen molar-refractivity contribution in [1.82, 2.24) is 0 Å². The van der Waals surface area contributed by atoms with Gasteiger partial charge in [0.15, 0.2) is 6.29 Å². The van der Waals surface area contributed by atoms with Gasteiger partial charge in [-0.1, -0.05) is 0 Å². The molecule has 0 unspecified atom stereocenters. The number of hydrogen-bond acceptors (Lipinski definition) is 3. The third-order valence-corrected chi connectivity index (χ3v) is 3.81. The third-order valence-electron chi connectivity index (χ3n) is 2.00. The first-order valence-corrected chi connectivity index (χ1v) is 5.92. The number of fused-ring (bicyclic) bond motifs is 1. The van der Waals surface area contributed by atoms with Gasteiger partial charge in [-0.15, -0.1) is 11.3 Å². The fourth-order valence-electron chi connectivity index (χ4n) is 1.38. The van der Waals surface area contributed by atoms with Gasteiger partial charge in [0.1, 0.15) is 5.75 Å². The van der Waals surface area contributed by atoms with Crippen LogP contribution >= 0.6 is 33.9 Å². The number of ether oxygens (including phenoxy) is 1. The Bertz CT molecular complexity index is 490. The highest BCUT2D eigenvalue weighted by atomic mass is 127. The first-order chi connectivity index (χ1) is 6.77. The van der Waals surface area contributed by atoms with E-state index in [1.165, 1.54) is 0 Å². The molecule has 2 rings (SSSR count). The molecule has 0 N–H and O–H groups in total. The molecule has 0 bridgehead atoms. The van der Waals surface area contributed by atoms with Crippen molar-refractivity contribution >= 4 is 50.3 Å². The molecule has 0 aliphatic heterocycles. The van der Waals surface area contributed by atoms with Crippen LogP contribution < -0.4 is 4.74 Å². The predicted molar refractivity (Wildman–Crippen MR) is 66.5 cm³/mol. The van der Waals surface area contributed by atoms with Crippen molar-refractivity contribution < 1.29 is 9.53 Å². The molecule has 1 aromatic carbocycles. The van der Waals surface area contributed by atoms with Crippen LogP contribution in [-0.4, -0.2) is 13.4 Å². The van der Waals surface area contributed by atoms with E-state index in [9.17, 15) is 4.79 Å². The van der Waals surface area contributed by atoms with Crippen LogP contribution in [0.1, 0.15) is 10.4 Å². The second-order valence-electron chi connectivity index (χ2n) is 2.76. The molecule has 14 heavy (non-hydrogen) atoms. The molecule has 2 nitrogen and oxygen atoms in total. The summed E-state index contributed by atoms with van der Waals surface area (Å²) in [6.45, 7) is 0. The first-order valence-electron chi connectivity index (χ1n) is 3.96. The van der Waals surface area contributed by atoms with Crippen molar-refractivity contribution in [3.63, 3.8) is 0 Å². The Morgan fingerprint density at radius 3 is 3.00 bits per heavy atom. The maximum atomic E-state index is 10.8. The number of carbonyl (C=O) groups excluding carboxylic acids is 1.